The third-order valence-electron chi connectivity index (χ3n) is 4.00. The molecule has 5 heteroatoms. The maximum absolute atomic E-state index is 12.5. The Morgan fingerprint density at radius 1 is 0.783 bits per heavy atom. The van der Waals surface area contributed by atoms with Crippen molar-refractivity contribution >= 4 is 11.8 Å². The van der Waals surface area contributed by atoms with Gasteiger partial charge in [-0.15, -0.1) is 0 Å². The van der Waals surface area contributed by atoms with Gasteiger partial charge in [0.2, 0.25) is 0 Å². The summed E-state index contributed by atoms with van der Waals surface area (Å²) >= 11 is 0. The Bertz CT molecular complexity index is 614. The molecule has 0 N–H and O–H groups in total. The predicted molar refractivity (Wildman–Crippen MR) is 87.1 cm³/mol. The molecule has 5 nitrogen and oxygen atoms in total. The topological polar surface area (TPSA) is 53.5 Å². The second-order valence-electron chi connectivity index (χ2n) is 5.55. The Morgan fingerprint density at radius 2 is 1.39 bits per heavy atom. The van der Waals surface area contributed by atoms with Crippen LogP contribution < -0.4 is 0 Å². The van der Waals surface area contributed by atoms with Crippen molar-refractivity contribution in [2.45, 2.75) is 6.42 Å². The summed E-state index contributed by atoms with van der Waals surface area (Å²) in [6.45, 7) is 2.43. The number of benzene rings is 1. The lowest BCUT2D eigenvalue weighted by atomic mass is 10.2. The van der Waals surface area contributed by atoms with Gasteiger partial charge in [0.25, 0.3) is 11.8 Å². The monoisotopic (exact) mass is 309 g/mol. The highest BCUT2D eigenvalue weighted by Gasteiger charge is 2.23. The van der Waals surface area contributed by atoms with Gasteiger partial charge >= 0.3 is 0 Å². The van der Waals surface area contributed by atoms with E-state index in [2.05, 4.69) is 4.98 Å². The van der Waals surface area contributed by atoms with Gasteiger partial charge in [-0.05, 0) is 30.7 Å². The average molecular weight is 309 g/mol. The number of carbonyl (C=O) groups is 2. The molecule has 0 unspecified atom stereocenters. The van der Waals surface area contributed by atoms with Crippen molar-refractivity contribution in [1.82, 2.24) is 14.8 Å². The molecule has 3 rings (SSSR count). The second-order valence-corrected chi connectivity index (χ2v) is 5.55. The molecule has 1 aliphatic heterocycles. The zero-order valence-corrected chi connectivity index (χ0v) is 12.9. The van der Waals surface area contributed by atoms with Gasteiger partial charge in [0.1, 0.15) is 0 Å². The number of hydrogen-bond acceptors (Lipinski definition) is 3. The molecule has 118 valence electrons. The Morgan fingerprint density at radius 3 is 2.00 bits per heavy atom. The van der Waals surface area contributed by atoms with Crippen LogP contribution in [0.25, 0.3) is 0 Å². The van der Waals surface area contributed by atoms with Gasteiger partial charge in [-0.3, -0.25) is 14.6 Å². The van der Waals surface area contributed by atoms with Crippen LogP contribution in [0.15, 0.2) is 54.9 Å². The first-order chi connectivity index (χ1) is 11.3. The van der Waals surface area contributed by atoms with Crippen LogP contribution in [-0.2, 0) is 0 Å². The van der Waals surface area contributed by atoms with Gasteiger partial charge in [0.15, 0.2) is 0 Å². The van der Waals surface area contributed by atoms with E-state index in [1.165, 1.54) is 0 Å². The maximum atomic E-state index is 12.5. The summed E-state index contributed by atoms with van der Waals surface area (Å²) in [5, 5.41) is 0. The number of pyridine rings is 1. The molecule has 2 heterocycles. The van der Waals surface area contributed by atoms with E-state index in [9.17, 15) is 9.59 Å². The van der Waals surface area contributed by atoms with Crippen LogP contribution in [0, 0.1) is 0 Å². The number of rotatable bonds is 2. The van der Waals surface area contributed by atoms with E-state index in [1.807, 2.05) is 35.2 Å². The van der Waals surface area contributed by atoms with E-state index in [0.717, 1.165) is 6.42 Å². The minimum absolute atomic E-state index is 0.0212. The molecule has 0 atom stereocenters. The van der Waals surface area contributed by atoms with E-state index >= 15 is 0 Å². The van der Waals surface area contributed by atoms with Crippen LogP contribution in [-0.4, -0.2) is 52.8 Å². The van der Waals surface area contributed by atoms with Crippen LogP contribution in [0.2, 0.25) is 0 Å². The third kappa shape index (κ3) is 3.56. The van der Waals surface area contributed by atoms with Gasteiger partial charge < -0.3 is 9.80 Å². The number of amides is 2. The van der Waals surface area contributed by atoms with Crippen molar-refractivity contribution in [3.05, 3.63) is 66.0 Å². The molecule has 0 radical (unpaired) electrons. The van der Waals surface area contributed by atoms with Crippen molar-refractivity contribution in [2.24, 2.45) is 0 Å². The lowest BCUT2D eigenvalue weighted by Gasteiger charge is -2.22. The fourth-order valence-corrected chi connectivity index (χ4v) is 2.76. The smallest absolute Gasteiger partial charge is 0.255 e. The zero-order chi connectivity index (χ0) is 16.1. The molecule has 0 bridgehead atoms. The Balaban J connectivity index is 1.66. The summed E-state index contributed by atoms with van der Waals surface area (Å²) in [6, 6.07) is 12.8. The Labute approximate surface area is 135 Å². The van der Waals surface area contributed by atoms with Gasteiger partial charge in [-0.25, -0.2) is 0 Å². The zero-order valence-electron chi connectivity index (χ0n) is 12.9. The molecule has 1 saturated heterocycles. The molecule has 1 fully saturated rings. The third-order valence-corrected chi connectivity index (χ3v) is 4.00. The largest absolute Gasteiger partial charge is 0.337 e. The summed E-state index contributed by atoms with van der Waals surface area (Å²) in [4.78, 5) is 32.6. The van der Waals surface area contributed by atoms with Crippen LogP contribution in [0.4, 0.5) is 0 Å². The number of nitrogens with zero attached hydrogens (tertiary/aromatic N) is 3. The minimum Gasteiger partial charge on any atom is -0.337 e. The first kappa shape index (κ1) is 15.2. The van der Waals surface area contributed by atoms with Crippen molar-refractivity contribution in [2.75, 3.05) is 26.2 Å². The fraction of sp³-hybridized carbons (Fsp3) is 0.278. The first-order valence-electron chi connectivity index (χ1n) is 7.79. The summed E-state index contributed by atoms with van der Waals surface area (Å²) in [5.74, 6) is 0.00777. The molecule has 0 spiro atoms. The molecule has 1 aromatic carbocycles. The van der Waals surface area contributed by atoms with E-state index in [0.29, 0.717) is 37.3 Å². The molecule has 0 aliphatic carbocycles. The molecular weight excluding hydrogens is 290 g/mol. The SMILES string of the molecule is O=C(c1ccccc1)N1CCCN(C(=O)c2cccnc2)CC1. The quantitative estimate of drug-likeness (QED) is 0.853. The molecular formula is C18H19N3O2. The van der Waals surface area contributed by atoms with Crippen LogP contribution in [0.3, 0.4) is 0 Å². The van der Waals surface area contributed by atoms with Crippen molar-refractivity contribution in [3.8, 4) is 0 Å². The molecule has 1 aromatic heterocycles. The standard InChI is InChI=1S/C18H19N3O2/c22-17(15-6-2-1-3-7-15)20-10-5-11-21(13-12-20)18(23)16-8-4-9-19-14-16/h1-4,6-9,14H,5,10-13H2. The van der Waals surface area contributed by atoms with Gasteiger partial charge in [-0.2, -0.15) is 0 Å². The van der Waals surface area contributed by atoms with Crippen molar-refractivity contribution in [1.29, 1.82) is 0 Å². The Hall–Kier alpha value is -2.69. The predicted octanol–water partition coefficient (Wildman–Crippen LogP) is 2.07. The van der Waals surface area contributed by atoms with Crippen LogP contribution in [0.5, 0.6) is 0 Å². The minimum atomic E-state index is -0.0212. The highest BCUT2D eigenvalue weighted by atomic mass is 16.2. The van der Waals surface area contributed by atoms with E-state index in [1.54, 1.807) is 29.4 Å². The lowest BCUT2D eigenvalue weighted by molar-refractivity contribution is 0.0718. The highest BCUT2D eigenvalue weighted by molar-refractivity contribution is 5.95. The summed E-state index contributed by atoms with van der Waals surface area (Å²) in [7, 11) is 0. The summed E-state index contributed by atoms with van der Waals surface area (Å²) < 4.78 is 0. The van der Waals surface area contributed by atoms with E-state index < -0.39 is 0 Å². The van der Waals surface area contributed by atoms with Crippen LogP contribution >= 0.6 is 0 Å². The number of hydrogen-bond donors (Lipinski definition) is 0. The van der Waals surface area contributed by atoms with Gasteiger partial charge in [0, 0.05) is 44.1 Å². The molecule has 2 aromatic rings. The van der Waals surface area contributed by atoms with Gasteiger partial charge in [0.05, 0.1) is 5.56 Å². The normalized spacial score (nSPS) is 15.1. The number of carbonyl (C=O) groups excluding carboxylic acids is 2. The summed E-state index contributed by atoms with van der Waals surface area (Å²) in [6.07, 6.45) is 4.02. The molecule has 2 amide bonds. The number of aromatic nitrogens is 1. The van der Waals surface area contributed by atoms with Gasteiger partial charge in [-0.1, -0.05) is 18.2 Å². The highest BCUT2D eigenvalue weighted by Crippen LogP contribution is 2.11. The first-order valence-corrected chi connectivity index (χ1v) is 7.79. The maximum Gasteiger partial charge on any atom is 0.255 e. The molecule has 23 heavy (non-hydrogen) atoms. The average Bonchev–Trinajstić information content (AvgIpc) is 2.88. The van der Waals surface area contributed by atoms with Crippen molar-refractivity contribution < 1.29 is 9.59 Å². The molecule has 1 aliphatic rings. The molecule has 0 saturated carbocycles. The van der Waals surface area contributed by atoms with E-state index in [4.69, 9.17) is 0 Å². The second kappa shape index (κ2) is 7.05. The van der Waals surface area contributed by atoms with E-state index in [-0.39, 0.29) is 11.8 Å². The fourth-order valence-electron chi connectivity index (χ4n) is 2.76. The lowest BCUT2D eigenvalue weighted by Crippen LogP contribution is -2.37. The van der Waals surface area contributed by atoms with Crippen LogP contribution in [0.1, 0.15) is 27.1 Å². The Kier molecular flexibility index (Phi) is 4.66. The summed E-state index contributed by atoms with van der Waals surface area (Å²) in [5.41, 5.74) is 1.29. The van der Waals surface area contributed by atoms with Crippen molar-refractivity contribution in [3.63, 3.8) is 0 Å².